The van der Waals surface area contributed by atoms with Crippen LogP contribution < -0.4 is 0 Å². The maximum absolute atomic E-state index is 12.3. The molecule has 5 heteroatoms. The monoisotopic (exact) mass is 272 g/mol. The highest BCUT2D eigenvalue weighted by Gasteiger charge is 2.24. The third-order valence-corrected chi connectivity index (χ3v) is 3.03. The molecule has 0 aliphatic rings. The van der Waals surface area contributed by atoms with Gasteiger partial charge in [0.15, 0.2) is 0 Å². The maximum atomic E-state index is 12.3. The quantitative estimate of drug-likeness (QED) is 0.694. The smallest absolute Gasteiger partial charge is 0.415 e. The molecule has 0 aliphatic heterocycles. The number of rotatable bonds is 9. The topological polar surface area (TPSA) is 60.9 Å². The van der Waals surface area contributed by atoms with Crippen LogP contribution in [-0.4, -0.2) is 46.7 Å². The lowest BCUT2D eigenvalue weighted by Crippen LogP contribution is -2.46. The van der Waals surface area contributed by atoms with Gasteiger partial charge in [-0.3, -0.25) is 0 Å². The average molecular weight is 272 g/mol. The number of hydrogen-bond acceptors (Lipinski definition) is 2. The van der Waals surface area contributed by atoms with Crippen LogP contribution >= 0.6 is 0 Å². The first-order valence-electron chi connectivity index (χ1n) is 7.37. The molecule has 1 N–H and O–H groups in total. The Balaban J connectivity index is 4.63. The Labute approximate surface area is 116 Å². The second-order valence-electron chi connectivity index (χ2n) is 4.76. The highest BCUT2D eigenvalue weighted by molar-refractivity contribution is 5.90. The molecular weight excluding hydrogens is 244 g/mol. The molecule has 0 aliphatic carbocycles. The van der Waals surface area contributed by atoms with E-state index in [4.69, 9.17) is 5.11 Å². The second kappa shape index (κ2) is 10.6. The molecule has 0 aromatic carbocycles. The standard InChI is InChI=1S/C14H28N2O3/c1-4-7-10-15(11-8-5-2)13(17)16(14(18)19)12-9-6-3/h4-12H2,1-3H3,(H,18,19). The summed E-state index contributed by atoms with van der Waals surface area (Å²) in [5.41, 5.74) is 0. The number of nitrogens with zero attached hydrogens (tertiary/aromatic N) is 2. The predicted molar refractivity (Wildman–Crippen MR) is 76.4 cm³/mol. The minimum atomic E-state index is -1.14. The molecule has 0 radical (unpaired) electrons. The van der Waals surface area contributed by atoms with Crippen molar-refractivity contribution in [1.29, 1.82) is 0 Å². The number of carbonyl (C=O) groups excluding carboxylic acids is 1. The molecule has 3 amide bonds. The van der Waals surface area contributed by atoms with E-state index in [1.165, 1.54) is 0 Å². The van der Waals surface area contributed by atoms with Gasteiger partial charge >= 0.3 is 12.1 Å². The van der Waals surface area contributed by atoms with Crippen molar-refractivity contribution >= 4 is 12.1 Å². The van der Waals surface area contributed by atoms with E-state index in [1.54, 1.807) is 4.90 Å². The van der Waals surface area contributed by atoms with E-state index in [9.17, 15) is 9.59 Å². The molecule has 0 saturated heterocycles. The normalized spacial score (nSPS) is 10.3. The van der Waals surface area contributed by atoms with Crippen molar-refractivity contribution in [3.8, 4) is 0 Å². The Hall–Kier alpha value is -1.26. The highest BCUT2D eigenvalue weighted by atomic mass is 16.4. The molecule has 0 rings (SSSR count). The van der Waals surface area contributed by atoms with Crippen molar-refractivity contribution in [3.63, 3.8) is 0 Å². The summed E-state index contributed by atoms with van der Waals surface area (Å²) in [6, 6.07) is -0.358. The summed E-state index contributed by atoms with van der Waals surface area (Å²) in [5, 5.41) is 9.15. The van der Waals surface area contributed by atoms with Crippen LogP contribution in [0.3, 0.4) is 0 Å². The van der Waals surface area contributed by atoms with Crippen LogP contribution in [0.1, 0.15) is 59.3 Å². The Morgan fingerprint density at radius 2 is 1.26 bits per heavy atom. The minimum Gasteiger partial charge on any atom is -0.465 e. The zero-order valence-electron chi connectivity index (χ0n) is 12.5. The van der Waals surface area contributed by atoms with E-state index in [2.05, 4.69) is 13.8 Å². The molecule has 19 heavy (non-hydrogen) atoms. The molecule has 0 spiro atoms. The van der Waals surface area contributed by atoms with Gasteiger partial charge in [0.1, 0.15) is 0 Å². The largest absolute Gasteiger partial charge is 0.465 e. The van der Waals surface area contributed by atoms with Gasteiger partial charge in [0.2, 0.25) is 0 Å². The van der Waals surface area contributed by atoms with Gasteiger partial charge < -0.3 is 10.0 Å². The summed E-state index contributed by atoms with van der Waals surface area (Å²) in [5.74, 6) is 0. The van der Waals surface area contributed by atoms with E-state index in [1.807, 2.05) is 6.92 Å². The molecule has 0 saturated carbocycles. The van der Waals surface area contributed by atoms with Crippen LogP contribution in [-0.2, 0) is 0 Å². The molecule has 0 bridgehead atoms. The lowest BCUT2D eigenvalue weighted by molar-refractivity contribution is 0.126. The number of amides is 3. The van der Waals surface area contributed by atoms with Crippen molar-refractivity contribution in [2.24, 2.45) is 0 Å². The van der Waals surface area contributed by atoms with Gasteiger partial charge in [0, 0.05) is 19.6 Å². The van der Waals surface area contributed by atoms with Crippen molar-refractivity contribution in [1.82, 2.24) is 9.80 Å². The Kier molecular flexibility index (Phi) is 9.94. The lowest BCUT2D eigenvalue weighted by Gasteiger charge is -2.27. The van der Waals surface area contributed by atoms with Gasteiger partial charge in [-0.2, -0.15) is 0 Å². The summed E-state index contributed by atoms with van der Waals surface area (Å²) in [6.07, 6.45) is 4.27. The fraction of sp³-hybridized carbons (Fsp3) is 0.857. The van der Waals surface area contributed by atoms with Crippen molar-refractivity contribution in [3.05, 3.63) is 0 Å². The van der Waals surface area contributed by atoms with Gasteiger partial charge in [-0.05, 0) is 19.3 Å². The van der Waals surface area contributed by atoms with Crippen molar-refractivity contribution < 1.29 is 14.7 Å². The predicted octanol–water partition coefficient (Wildman–Crippen LogP) is 3.79. The van der Waals surface area contributed by atoms with Gasteiger partial charge in [0.05, 0.1) is 0 Å². The summed E-state index contributed by atoms with van der Waals surface area (Å²) in [6.45, 7) is 7.69. The van der Waals surface area contributed by atoms with E-state index in [0.717, 1.165) is 37.0 Å². The molecule has 0 aromatic rings. The summed E-state index contributed by atoms with van der Waals surface area (Å²) >= 11 is 0. The third-order valence-electron chi connectivity index (χ3n) is 3.03. The van der Waals surface area contributed by atoms with Crippen LogP contribution in [0.25, 0.3) is 0 Å². The SMILES string of the molecule is CCCCN(CCCC)C(=O)N(CCCC)C(=O)O. The molecule has 5 nitrogen and oxygen atoms in total. The van der Waals surface area contributed by atoms with Crippen LogP contribution in [0.15, 0.2) is 0 Å². The third kappa shape index (κ3) is 7.03. The fourth-order valence-corrected chi connectivity index (χ4v) is 1.76. The zero-order chi connectivity index (χ0) is 14.7. The molecule has 0 atom stereocenters. The molecular formula is C14H28N2O3. The number of imide groups is 1. The molecule has 0 unspecified atom stereocenters. The summed E-state index contributed by atoms with van der Waals surface area (Å²) in [4.78, 5) is 26.1. The minimum absolute atomic E-state index is 0.291. The van der Waals surface area contributed by atoms with E-state index in [0.29, 0.717) is 26.1 Å². The number of carboxylic acid groups (broad SMARTS) is 1. The van der Waals surface area contributed by atoms with Gasteiger partial charge in [-0.15, -0.1) is 0 Å². The second-order valence-corrected chi connectivity index (χ2v) is 4.76. The number of unbranched alkanes of at least 4 members (excludes halogenated alkanes) is 3. The van der Waals surface area contributed by atoms with E-state index >= 15 is 0 Å². The first-order valence-corrected chi connectivity index (χ1v) is 7.37. The van der Waals surface area contributed by atoms with Crippen LogP contribution in [0.4, 0.5) is 9.59 Å². The van der Waals surface area contributed by atoms with Gasteiger partial charge in [0.25, 0.3) is 0 Å². The van der Waals surface area contributed by atoms with Crippen LogP contribution in [0, 0.1) is 0 Å². The zero-order valence-corrected chi connectivity index (χ0v) is 12.5. The Morgan fingerprint density at radius 1 is 0.842 bits per heavy atom. The maximum Gasteiger partial charge on any atom is 0.415 e. The van der Waals surface area contributed by atoms with Crippen LogP contribution in [0.5, 0.6) is 0 Å². The summed E-state index contributed by atoms with van der Waals surface area (Å²) < 4.78 is 0. The first-order chi connectivity index (χ1) is 9.08. The Bertz CT molecular complexity index is 261. The van der Waals surface area contributed by atoms with Gasteiger partial charge in [-0.1, -0.05) is 40.0 Å². The number of urea groups is 1. The molecule has 0 fully saturated rings. The van der Waals surface area contributed by atoms with Crippen molar-refractivity contribution in [2.75, 3.05) is 19.6 Å². The van der Waals surface area contributed by atoms with Gasteiger partial charge in [-0.25, -0.2) is 14.5 Å². The van der Waals surface area contributed by atoms with Crippen molar-refractivity contribution in [2.45, 2.75) is 59.3 Å². The van der Waals surface area contributed by atoms with Crippen LogP contribution in [0.2, 0.25) is 0 Å². The Morgan fingerprint density at radius 3 is 1.63 bits per heavy atom. The first kappa shape index (κ1) is 17.7. The summed E-state index contributed by atoms with van der Waals surface area (Å²) in [7, 11) is 0. The van der Waals surface area contributed by atoms with E-state index < -0.39 is 6.09 Å². The average Bonchev–Trinajstić information content (AvgIpc) is 2.38. The lowest BCUT2D eigenvalue weighted by atomic mass is 10.2. The van der Waals surface area contributed by atoms with E-state index in [-0.39, 0.29) is 6.03 Å². The highest BCUT2D eigenvalue weighted by Crippen LogP contribution is 2.07. The molecule has 0 aromatic heterocycles. The fourth-order valence-electron chi connectivity index (χ4n) is 1.76. The number of hydrogen-bond donors (Lipinski definition) is 1. The number of carbonyl (C=O) groups is 2. The molecule has 0 heterocycles. The molecule has 112 valence electrons.